The second-order valence-electron chi connectivity index (χ2n) is 6.71. The molecule has 10 heteroatoms. The summed E-state index contributed by atoms with van der Waals surface area (Å²) in [6, 6.07) is 9.58. The maximum absolute atomic E-state index is 12.9. The van der Waals surface area contributed by atoms with Crippen LogP contribution in [0.15, 0.2) is 58.2 Å². The lowest BCUT2D eigenvalue weighted by molar-refractivity contribution is -0.698. The van der Waals surface area contributed by atoms with Crippen LogP contribution in [-0.2, 0) is 6.54 Å². The van der Waals surface area contributed by atoms with Gasteiger partial charge in [0.05, 0.1) is 11.5 Å². The summed E-state index contributed by atoms with van der Waals surface area (Å²) >= 11 is 5.94. The van der Waals surface area contributed by atoms with Gasteiger partial charge < -0.3 is 14.6 Å². The standard InChI is InChI=1S/C21H19ClF3N3O3/c1-2-3-11-28-16(17(29)14-5-4-10-26-12-14)18(27-20(30)21(23,24)25)31-19(28)13-6-8-15(22)9-7-13/h4-10,12,17,29H,2-3,11H2,1H3. The molecule has 1 atom stereocenters. The van der Waals surface area contributed by atoms with E-state index in [9.17, 15) is 23.4 Å². The van der Waals surface area contributed by atoms with E-state index in [2.05, 4.69) is 9.98 Å². The highest BCUT2D eigenvalue weighted by Gasteiger charge is 2.37. The molecular weight excluding hydrogens is 435 g/mol. The van der Waals surface area contributed by atoms with Gasteiger partial charge in [-0.1, -0.05) is 31.0 Å². The van der Waals surface area contributed by atoms with Crippen molar-refractivity contribution < 1.29 is 32.4 Å². The first kappa shape index (κ1) is 22.8. The van der Waals surface area contributed by atoms with Crippen LogP contribution in [0.25, 0.3) is 11.5 Å². The van der Waals surface area contributed by atoms with Crippen LogP contribution in [0, 0.1) is 0 Å². The first-order valence-electron chi connectivity index (χ1n) is 9.45. The quantitative estimate of drug-likeness (QED) is 0.331. The van der Waals surface area contributed by atoms with Crippen LogP contribution >= 0.6 is 11.6 Å². The minimum Gasteiger partial charge on any atom is -0.855 e. The molecule has 0 aliphatic heterocycles. The zero-order chi connectivity index (χ0) is 22.6. The predicted molar refractivity (Wildman–Crippen MR) is 106 cm³/mol. The molecule has 0 bridgehead atoms. The molecule has 3 aromatic rings. The van der Waals surface area contributed by atoms with Crippen molar-refractivity contribution in [2.75, 3.05) is 0 Å². The number of pyridine rings is 1. The van der Waals surface area contributed by atoms with Crippen LogP contribution < -0.4 is 9.67 Å². The van der Waals surface area contributed by atoms with Crippen molar-refractivity contribution in [1.82, 2.24) is 4.98 Å². The molecule has 6 nitrogen and oxygen atoms in total. The summed E-state index contributed by atoms with van der Waals surface area (Å²) in [6.07, 6.45) is -2.32. The molecule has 1 aromatic carbocycles. The first-order chi connectivity index (χ1) is 14.7. The molecule has 1 unspecified atom stereocenters. The van der Waals surface area contributed by atoms with E-state index in [4.69, 9.17) is 16.0 Å². The molecule has 0 amide bonds. The van der Waals surface area contributed by atoms with Crippen LogP contribution in [0.5, 0.6) is 0 Å². The Morgan fingerprint density at radius 3 is 2.58 bits per heavy atom. The molecule has 31 heavy (non-hydrogen) atoms. The maximum atomic E-state index is 12.9. The molecule has 2 aromatic heterocycles. The summed E-state index contributed by atoms with van der Waals surface area (Å²) in [6.45, 7) is 2.26. The smallest absolute Gasteiger partial charge is 0.419 e. The second kappa shape index (κ2) is 9.49. The predicted octanol–water partition coefficient (Wildman–Crippen LogP) is 4.12. The number of oxazole rings is 1. The highest BCUT2D eigenvalue weighted by Crippen LogP contribution is 2.34. The molecule has 164 valence electrons. The van der Waals surface area contributed by atoms with Gasteiger partial charge in [-0.3, -0.25) is 4.98 Å². The number of aliphatic hydroxyl groups excluding tert-OH is 1. The average molecular weight is 454 g/mol. The SMILES string of the molecule is CCCC[n+]1c(-c2ccc(Cl)cc2)oc(/N=C(\[O-])C(F)(F)F)c1C(O)c1cccnc1. The minimum atomic E-state index is -5.18. The van der Waals surface area contributed by atoms with Gasteiger partial charge in [0.25, 0.3) is 11.6 Å². The fourth-order valence-electron chi connectivity index (χ4n) is 2.97. The van der Waals surface area contributed by atoms with Crippen LogP contribution in [0.3, 0.4) is 0 Å². The van der Waals surface area contributed by atoms with Crippen LogP contribution in [0.4, 0.5) is 19.1 Å². The summed E-state index contributed by atoms with van der Waals surface area (Å²) in [4.78, 5) is 7.09. The number of halogens is 4. The van der Waals surface area contributed by atoms with Gasteiger partial charge >= 0.3 is 12.1 Å². The number of hydrogen-bond donors (Lipinski definition) is 1. The Balaban J connectivity index is 2.26. The van der Waals surface area contributed by atoms with Gasteiger partial charge in [0.15, 0.2) is 12.6 Å². The highest BCUT2D eigenvalue weighted by molar-refractivity contribution is 6.30. The molecule has 1 N–H and O–H groups in total. The zero-order valence-corrected chi connectivity index (χ0v) is 17.2. The van der Waals surface area contributed by atoms with Crippen molar-refractivity contribution in [1.29, 1.82) is 0 Å². The summed E-state index contributed by atoms with van der Waals surface area (Å²) in [5, 5.41) is 23.0. The van der Waals surface area contributed by atoms with Crippen molar-refractivity contribution in [3.05, 3.63) is 65.1 Å². The third kappa shape index (κ3) is 5.23. The molecule has 2 heterocycles. The normalized spacial score (nSPS) is 13.4. The maximum Gasteiger partial charge on any atom is 0.419 e. The van der Waals surface area contributed by atoms with Gasteiger partial charge in [0, 0.05) is 29.4 Å². The molecule has 0 aliphatic carbocycles. The highest BCUT2D eigenvalue weighted by atomic mass is 35.5. The molecule has 0 radical (unpaired) electrons. The van der Waals surface area contributed by atoms with Crippen molar-refractivity contribution in [3.8, 4) is 11.5 Å². The van der Waals surface area contributed by atoms with Crippen molar-refractivity contribution in [2.24, 2.45) is 4.99 Å². The lowest BCUT2D eigenvalue weighted by Gasteiger charge is -2.13. The summed E-state index contributed by atoms with van der Waals surface area (Å²) in [7, 11) is 0. The molecule has 0 saturated carbocycles. The molecule has 0 fully saturated rings. The van der Waals surface area contributed by atoms with E-state index in [0.717, 1.165) is 6.42 Å². The Kier molecular flexibility index (Phi) is 6.97. The third-order valence-electron chi connectivity index (χ3n) is 4.48. The number of rotatable bonds is 7. The monoisotopic (exact) mass is 453 g/mol. The molecule has 0 saturated heterocycles. The third-order valence-corrected chi connectivity index (χ3v) is 4.73. The Labute approximate surface area is 181 Å². The number of unbranched alkanes of at least 4 members (excludes halogenated alkanes) is 1. The van der Waals surface area contributed by atoms with E-state index in [1.54, 1.807) is 36.4 Å². The lowest BCUT2D eigenvalue weighted by atomic mass is 10.1. The van der Waals surface area contributed by atoms with Crippen LogP contribution in [0.1, 0.15) is 37.1 Å². The number of aliphatic imine (C=N–C) groups is 1. The van der Waals surface area contributed by atoms with E-state index < -0.39 is 24.1 Å². The van der Waals surface area contributed by atoms with Gasteiger partial charge in [-0.15, -0.1) is 0 Å². The topological polar surface area (TPSA) is 85.6 Å². The number of hydrogen-bond acceptors (Lipinski definition) is 5. The average Bonchev–Trinajstić information content (AvgIpc) is 3.10. The number of aliphatic hydroxyl groups is 1. The van der Waals surface area contributed by atoms with E-state index in [1.807, 2.05) is 6.92 Å². The van der Waals surface area contributed by atoms with Gasteiger partial charge in [0.1, 0.15) is 0 Å². The van der Waals surface area contributed by atoms with Gasteiger partial charge in [-0.2, -0.15) is 17.7 Å². The fraction of sp³-hybridized carbons (Fsp3) is 0.286. The number of nitrogens with zero attached hydrogens (tertiary/aromatic N) is 3. The zero-order valence-electron chi connectivity index (χ0n) is 16.4. The van der Waals surface area contributed by atoms with Crippen molar-refractivity contribution in [3.63, 3.8) is 0 Å². The number of aromatic nitrogens is 2. The second-order valence-corrected chi connectivity index (χ2v) is 7.15. The fourth-order valence-corrected chi connectivity index (χ4v) is 3.09. The first-order valence-corrected chi connectivity index (χ1v) is 9.83. The molecule has 3 rings (SSSR count). The Morgan fingerprint density at radius 2 is 2.00 bits per heavy atom. The Bertz CT molecular complexity index is 1050. The van der Waals surface area contributed by atoms with E-state index in [0.29, 0.717) is 29.1 Å². The van der Waals surface area contributed by atoms with Crippen molar-refractivity contribution >= 4 is 23.4 Å². The lowest BCUT2D eigenvalue weighted by Crippen LogP contribution is -2.40. The molecular formula is C21H19ClF3N3O3. The summed E-state index contributed by atoms with van der Waals surface area (Å²) < 4.78 is 45.8. The van der Waals surface area contributed by atoms with Gasteiger partial charge in [-0.05, 0) is 30.3 Å². The largest absolute Gasteiger partial charge is 0.855 e. The van der Waals surface area contributed by atoms with Crippen molar-refractivity contribution in [2.45, 2.75) is 38.6 Å². The Morgan fingerprint density at radius 1 is 1.29 bits per heavy atom. The number of benzene rings is 1. The van der Waals surface area contributed by atoms with Gasteiger partial charge in [0.2, 0.25) is 0 Å². The van der Waals surface area contributed by atoms with Crippen LogP contribution in [-0.4, -0.2) is 22.2 Å². The molecule has 0 spiro atoms. The number of alkyl halides is 3. The van der Waals surface area contributed by atoms with Crippen LogP contribution in [0.2, 0.25) is 5.02 Å². The van der Waals surface area contributed by atoms with E-state index in [1.165, 1.54) is 17.0 Å². The minimum absolute atomic E-state index is 0.0657. The molecule has 0 aliphatic rings. The summed E-state index contributed by atoms with van der Waals surface area (Å²) in [5.74, 6) is -2.79. The van der Waals surface area contributed by atoms with E-state index >= 15 is 0 Å². The Hall–Kier alpha value is -2.91. The van der Waals surface area contributed by atoms with Gasteiger partial charge in [-0.25, -0.2) is 4.99 Å². The van der Waals surface area contributed by atoms with E-state index in [-0.39, 0.29) is 11.6 Å². The summed E-state index contributed by atoms with van der Waals surface area (Å²) in [5.41, 5.74) is 0.747.